The second kappa shape index (κ2) is 14.1. The van der Waals surface area contributed by atoms with Gasteiger partial charge in [-0.15, -0.1) is 0 Å². The van der Waals surface area contributed by atoms with E-state index in [2.05, 4.69) is 42.0 Å². The Kier molecular flexibility index (Phi) is 10.8. The molecule has 0 saturated heterocycles. The van der Waals surface area contributed by atoms with Crippen LogP contribution in [0.3, 0.4) is 0 Å². The fraction of sp³-hybridized carbons (Fsp3) is 0.394. The van der Waals surface area contributed by atoms with Gasteiger partial charge >= 0.3 is 0 Å². The van der Waals surface area contributed by atoms with Gasteiger partial charge in [0, 0.05) is 34.6 Å². The van der Waals surface area contributed by atoms with Gasteiger partial charge < -0.3 is 15.0 Å². The molecule has 8 heteroatoms. The number of benzene rings is 3. The molecule has 0 radical (unpaired) electrons. The summed E-state index contributed by atoms with van der Waals surface area (Å²) in [7, 11) is 0. The Labute approximate surface area is 261 Å². The SMILES string of the molecule is CC(C)(C)c1ccc(OCC(=O)N(Cc2c(Cl)cccc2Cl)C(Cc2ccccc2)C(=O)NC2CCCC2)c(Br)c1. The molecule has 0 aliphatic heterocycles. The summed E-state index contributed by atoms with van der Waals surface area (Å²) in [6.45, 7) is 6.23. The Morgan fingerprint density at radius 1 is 1.00 bits per heavy atom. The second-order valence-electron chi connectivity index (χ2n) is 11.6. The van der Waals surface area contributed by atoms with Gasteiger partial charge in [0.2, 0.25) is 5.91 Å². The summed E-state index contributed by atoms with van der Waals surface area (Å²) in [5.74, 6) is 0.0281. The summed E-state index contributed by atoms with van der Waals surface area (Å²) >= 11 is 16.7. The monoisotopic (exact) mass is 658 g/mol. The van der Waals surface area contributed by atoms with E-state index in [0.717, 1.165) is 41.3 Å². The molecule has 1 aliphatic carbocycles. The number of ether oxygens (including phenoxy) is 1. The molecule has 1 saturated carbocycles. The third kappa shape index (κ3) is 8.50. The van der Waals surface area contributed by atoms with Gasteiger partial charge in [-0.1, -0.05) is 99.3 Å². The van der Waals surface area contributed by atoms with Crippen LogP contribution >= 0.6 is 39.1 Å². The van der Waals surface area contributed by atoms with E-state index in [1.165, 1.54) is 0 Å². The van der Waals surface area contributed by atoms with Crippen LogP contribution < -0.4 is 10.1 Å². The third-order valence-electron chi connectivity index (χ3n) is 7.51. The molecule has 0 aromatic heterocycles. The Morgan fingerprint density at radius 2 is 1.66 bits per heavy atom. The van der Waals surface area contributed by atoms with Crippen molar-refractivity contribution in [2.24, 2.45) is 0 Å². The standard InChI is InChI=1S/C33H37BrCl2N2O3/c1-33(2,3)23-16-17-30(26(34)19-23)41-21-31(39)38(20-25-27(35)14-9-15-28(25)36)29(18-22-10-5-4-6-11-22)32(40)37-24-12-7-8-13-24/h4-6,9-11,14-17,19,24,29H,7-8,12-13,18,20-21H2,1-3H3,(H,37,40). The highest BCUT2D eigenvalue weighted by Crippen LogP contribution is 2.32. The molecule has 1 N–H and O–H groups in total. The van der Waals surface area contributed by atoms with Crippen LogP contribution in [0.15, 0.2) is 71.2 Å². The van der Waals surface area contributed by atoms with Gasteiger partial charge in [-0.05, 0) is 69.6 Å². The quantitative estimate of drug-likeness (QED) is 0.239. The number of amides is 2. The van der Waals surface area contributed by atoms with Crippen LogP contribution in [-0.4, -0.2) is 35.4 Å². The van der Waals surface area contributed by atoms with Gasteiger partial charge in [-0.2, -0.15) is 0 Å². The normalized spacial score (nSPS) is 14.5. The van der Waals surface area contributed by atoms with Gasteiger partial charge in [0.25, 0.3) is 5.91 Å². The zero-order valence-corrected chi connectivity index (χ0v) is 26.9. The highest BCUT2D eigenvalue weighted by Gasteiger charge is 2.33. The average Bonchev–Trinajstić information content (AvgIpc) is 3.44. The fourth-order valence-electron chi connectivity index (χ4n) is 5.08. The molecule has 41 heavy (non-hydrogen) atoms. The minimum atomic E-state index is -0.784. The van der Waals surface area contributed by atoms with Gasteiger partial charge in [0.15, 0.2) is 6.61 Å². The summed E-state index contributed by atoms with van der Waals surface area (Å²) in [6.07, 6.45) is 4.40. The van der Waals surface area contributed by atoms with Crippen molar-refractivity contribution in [1.82, 2.24) is 10.2 Å². The molecule has 0 bridgehead atoms. The van der Waals surface area contributed by atoms with Crippen molar-refractivity contribution in [3.05, 3.63) is 97.9 Å². The highest BCUT2D eigenvalue weighted by molar-refractivity contribution is 9.10. The zero-order valence-electron chi connectivity index (χ0n) is 23.8. The Bertz CT molecular complexity index is 1330. The van der Waals surface area contributed by atoms with Crippen LogP contribution in [0, 0.1) is 0 Å². The van der Waals surface area contributed by atoms with Crippen molar-refractivity contribution in [3.63, 3.8) is 0 Å². The fourth-order valence-corrected chi connectivity index (χ4v) is 6.09. The van der Waals surface area contributed by atoms with Gasteiger partial charge in [-0.25, -0.2) is 0 Å². The van der Waals surface area contributed by atoms with E-state index in [1.807, 2.05) is 48.5 Å². The predicted octanol–water partition coefficient (Wildman–Crippen LogP) is 8.13. The van der Waals surface area contributed by atoms with Crippen LogP contribution in [-0.2, 0) is 28.0 Å². The maximum Gasteiger partial charge on any atom is 0.261 e. The minimum absolute atomic E-state index is 0.0285. The largest absolute Gasteiger partial charge is 0.483 e. The molecule has 1 aliphatic rings. The Hall–Kier alpha value is -2.54. The topological polar surface area (TPSA) is 58.6 Å². The lowest BCUT2D eigenvalue weighted by molar-refractivity contribution is -0.143. The number of rotatable bonds is 10. The summed E-state index contributed by atoms with van der Waals surface area (Å²) in [5.41, 5.74) is 2.65. The lowest BCUT2D eigenvalue weighted by Crippen LogP contribution is -2.53. The smallest absolute Gasteiger partial charge is 0.261 e. The molecule has 1 unspecified atom stereocenters. The summed E-state index contributed by atoms with van der Waals surface area (Å²) in [6, 6.07) is 20.1. The van der Waals surface area contributed by atoms with E-state index in [4.69, 9.17) is 27.9 Å². The van der Waals surface area contributed by atoms with Crippen LogP contribution in [0.1, 0.15) is 63.1 Å². The lowest BCUT2D eigenvalue weighted by atomic mass is 9.87. The van der Waals surface area contributed by atoms with Crippen molar-refractivity contribution in [2.45, 2.75) is 76.9 Å². The third-order valence-corrected chi connectivity index (χ3v) is 8.84. The van der Waals surface area contributed by atoms with E-state index in [-0.39, 0.29) is 36.4 Å². The van der Waals surface area contributed by atoms with Crippen molar-refractivity contribution in [3.8, 4) is 5.75 Å². The Morgan fingerprint density at radius 3 is 2.27 bits per heavy atom. The van der Waals surface area contributed by atoms with Gasteiger partial charge in [0.05, 0.1) is 4.47 Å². The first-order chi connectivity index (χ1) is 19.5. The molecule has 0 heterocycles. The van der Waals surface area contributed by atoms with Crippen LogP contribution in [0.2, 0.25) is 10.0 Å². The number of hydrogen-bond donors (Lipinski definition) is 1. The highest BCUT2D eigenvalue weighted by atomic mass is 79.9. The maximum atomic E-state index is 14.0. The zero-order chi connectivity index (χ0) is 29.6. The summed E-state index contributed by atoms with van der Waals surface area (Å²) in [5, 5.41) is 4.08. The van der Waals surface area contributed by atoms with E-state index in [9.17, 15) is 9.59 Å². The lowest BCUT2D eigenvalue weighted by Gasteiger charge is -2.32. The molecule has 4 rings (SSSR count). The van der Waals surface area contributed by atoms with E-state index in [1.54, 1.807) is 23.1 Å². The first kappa shape index (κ1) is 31.4. The number of nitrogens with one attached hydrogen (secondary N) is 1. The van der Waals surface area contributed by atoms with Crippen molar-refractivity contribution in [2.75, 3.05) is 6.61 Å². The van der Waals surface area contributed by atoms with Gasteiger partial charge in [-0.3, -0.25) is 9.59 Å². The molecule has 218 valence electrons. The van der Waals surface area contributed by atoms with Crippen molar-refractivity contribution < 1.29 is 14.3 Å². The van der Waals surface area contributed by atoms with Crippen LogP contribution in [0.5, 0.6) is 5.75 Å². The van der Waals surface area contributed by atoms with Gasteiger partial charge in [0.1, 0.15) is 11.8 Å². The molecular weight excluding hydrogens is 623 g/mol. The molecule has 3 aromatic rings. The molecule has 3 aromatic carbocycles. The number of carbonyl (C=O) groups is 2. The minimum Gasteiger partial charge on any atom is -0.483 e. The van der Waals surface area contributed by atoms with E-state index in [0.29, 0.717) is 27.8 Å². The average molecular weight is 660 g/mol. The predicted molar refractivity (Wildman–Crippen MR) is 170 cm³/mol. The number of halogens is 3. The summed E-state index contributed by atoms with van der Waals surface area (Å²) < 4.78 is 6.79. The molecule has 0 spiro atoms. The van der Waals surface area contributed by atoms with Crippen LogP contribution in [0.25, 0.3) is 0 Å². The van der Waals surface area contributed by atoms with Crippen molar-refractivity contribution in [1.29, 1.82) is 0 Å². The number of carbonyl (C=O) groups excluding carboxylic acids is 2. The Balaban J connectivity index is 1.65. The molecule has 1 fully saturated rings. The molecule has 5 nitrogen and oxygen atoms in total. The molecule has 2 amide bonds. The number of nitrogens with zero attached hydrogens (tertiary/aromatic N) is 1. The second-order valence-corrected chi connectivity index (χ2v) is 13.3. The molecular formula is C33H37BrCl2N2O3. The maximum absolute atomic E-state index is 14.0. The molecule has 1 atom stereocenters. The van der Waals surface area contributed by atoms with E-state index >= 15 is 0 Å². The first-order valence-electron chi connectivity index (χ1n) is 14.0. The first-order valence-corrected chi connectivity index (χ1v) is 15.6. The van der Waals surface area contributed by atoms with Crippen molar-refractivity contribution >= 4 is 50.9 Å². The summed E-state index contributed by atoms with van der Waals surface area (Å²) in [4.78, 5) is 29.4. The number of hydrogen-bond acceptors (Lipinski definition) is 3. The van der Waals surface area contributed by atoms with E-state index < -0.39 is 6.04 Å². The van der Waals surface area contributed by atoms with Crippen LogP contribution in [0.4, 0.5) is 0 Å².